The van der Waals surface area contributed by atoms with Crippen LogP contribution in [0.5, 0.6) is 0 Å². The van der Waals surface area contributed by atoms with Crippen LogP contribution in [0, 0.1) is 20.8 Å². The first kappa shape index (κ1) is 25.2. The van der Waals surface area contributed by atoms with E-state index in [1.807, 2.05) is 0 Å². The maximum absolute atomic E-state index is 14.9. The van der Waals surface area contributed by atoms with Crippen molar-refractivity contribution in [3.63, 3.8) is 0 Å². The van der Waals surface area contributed by atoms with Crippen molar-refractivity contribution >= 4 is 17.0 Å². The molecule has 4 heterocycles. The average molecular weight is 521 g/mol. The van der Waals surface area contributed by atoms with Crippen molar-refractivity contribution in [2.24, 2.45) is 0 Å². The number of rotatable bonds is 5. The lowest BCUT2D eigenvalue weighted by atomic mass is 9.98. The maximum atomic E-state index is 14.9. The summed E-state index contributed by atoms with van der Waals surface area (Å²) in [4.78, 5) is 20.4. The number of aromatic carboxylic acids is 1. The number of hydrogen-bond donors (Lipinski definition) is 1. The summed E-state index contributed by atoms with van der Waals surface area (Å²) in [5, 5.41) is 13.4. The summed E-state index contributed by atoms with van der Waals surface area (Å²) in [5.74, 6) is -0.630. The molecule has 1 atom stereocenters. The van der Waals surface area contributed by atoms with Crippen LogP contribution in [0.4, 0.5) is 13.2 Å². The van der Waals surface area contributed by atoms with Gasteiger partial charge in [-0.15, -0.1) is 0 Å². The zero-order valence-corrected chi connectivity index (χ0v) is 21.0. The number of hydrogen-bond acceptors (Lipinski definition) is 5. The highest BCUT2D eigenvalue weighted by atomic mass is 19.4. The van der Waals surface area contributed by atoms with E-state index in [0.717, 1.165) is 0 Å². The quantitative estimate of drug-likeness (QED) is 0.268. The van der Waals surface area contributed by atoms with Gasteiger partial charge in [0, 0.05) is 29.1 Å². The van der Waals surface area contributed by atoms with Crippen LogP contribution in [0.3, 0.4) is 0 Å². The Morgan fingerprint density at radius 3 is 2.37 bits per heavy atom. The normalized spacial score (nSPS) is 12.7. The minimum absolute atomic E-state index is 0.0153. The van der Waals surface area contributed by atoms with Gasteiger partial charge in [-0.1, -0.05) is 23.4 Å². The van der Waals surface area contributed by atoms with Crippen LogP contribution in [-0.4, -0.2) is 30.8 Å². The molecule has 7 nitrogen and oxygen atoms in total. The van der Waals surface area contributed by atoms with Gasteiger partial charge in [0.2, 0.25) is 0 Å². The monoisotopic (exact) mass is 520 g/mol. The first-order valence-corrected chi connectivity index (χ1v) is 11.8. The third-order valence-corrected chi connectivity index (χ3v) is 6.68. The molecule has 0 amide bonds. The minimum Gasteiger partial charge on any atom is -0.478 e. The summed E-state index contributed by atoms with van der Waals surface area (Å²) >= 11 is 0. The summed E-state index contributed by atoms with van der Waals surface area (Å²) < 4.78 is 51.3. The minimum atomic E-state index is -4.76. The second-order valence-electron chi connectivity index (χ2n) is 9.15. The van der Waals surface area contributed by atoms with Gasteiger partial charge in [-0.25, -0.2) is 4.79 Å². The van der Waals surface area contributed by atoms with Gasteiger partial charge < -0.3 is 14.2 Å². The first-order chi connectivity index (χ1) is 18.0. The zero-order valence-electron chi connectivity index (χ0n) is 21.0. The number of carbonyl (C=O) groups is 1. The third kappa shape index (κ3) is 4.11. The second-order valence-corrected chi connectivity index (χ2v) is 9.15. The lowest BCUT2D eigenvalue weighted by Gasteiger charge is -2.21. The number of aryl methyl sites for hydroxylation is 3. The van der Waals surface area contributed by atoms with Gasteiger partial charge in [-0.3, -0.25) is 9.97 Å². The summed E-state index contributed by atoms with van der Waals surface area (Å²) in [6.07, 6.45) is -1.72. The Hall–Kier alpha value is -4.47. The standard InChI is InChI=1S/C28H23F3N4O3/c1-14-11-18(8-9-20(14)27(36)37)24-25-22(12-19(13-33-25)23-15(2)34-38-17(23)4)35(26(24)28(29,30)31)16(3)21-7-5-6-10-32-21/h5-13,16H,1-4H3,(H,36,37)/t16-/m0/s1. The molecule has 0 fully saturated rings. The van der Waals surface area contributed by atoms with E-state index in [9.17, 15) is 23.1 Å². The third-order valence-electron chi connectivity index (χ3n) is 6.68. The Labute approximate surface area is 215 Å². The van der Waals surface area contributed by atoms with Gasteiger partial charge in [0.1, 0.15) is 11.5 Å². The molecule has 38 heavy (non-hydrogen) atoms. The van der Waals surface area contributed by atoms with Gasteiger partial charge in [-0.2, -0.15) is 13.2 Å². The van der Waals surface area contributed by atoms with Gasteiger partial charge in [0.25, 0.3) is 0 Å². The van der Waals surface area contributed by atoms with Crippen LogP contribution in [0.15, 0.2) is 59.4 Å². The molecule has 0 spiro atoms. The van der Waals surface area contributed by atoms with Crippen LogP contribution in [-0.2, 0) is 6.18 Å². The van der Waals surface area contributed by atoms with Crippen molar-refractivity contribution in [3.8, 4) is 22.3 Å². The molecule has 0 aliphatic rings. The fourth-order valence-electron chi connectivity index (χ4n) is 4.98. The smallest absolute Gasteiger partial charge is 0.432 e. The summed E-state index contributed by atoms with van der Waals surface area (Å²) in [6.45, 7) is 6.69. The zero-order chi connectivity index (χ0) is 27.4. The number of benzene rings is 1. The molecule has 10 heteroatoms. The van der Waals surface area contributed by atoms with Crippen LogP contribution in [0.25, 0.3) is 33.3 Å². The number of alkyl halides is 3. The number of aromatic nitrogens is 4. The number of halogens is 3. The van der Waals surface area contributed by atoms with Gasteiger partial charge in [-0.05, 0) is 63.1 Å². The molecule has 0 unspecified atom stereocenters. The molecule has 0 saturated heterocycles. The van der Waals surface area contributed by atoms with E-state index >= 15 is 0 Å². The Morgan fingerprint density at radius 2 is 1.79 bits per heavy atom. The molecular formula is C28H23F3N4O3. The van der Waals surface area contributed by atoms with Gasteiger partial charge >= 0.3 is 12.1 Å². The lowest BCUT2D eigenvalue weighted by molar-refractivity contribution is -0.143. The van der Waals surface area contributed by atoms with E-state index in [1.165, 1.54) is 35.2 Å². The summed E-state index contributed by atoms with van der Waals surface area (Å²) in [6, 6.07) is 10.1. The van der Waals surface area contributed by atoms with Crippen molar-refractivity contribution < 1.29 is 27.6 Å². The molecule has 194 valence electrons. The molecule has 0 aliphatic heterocycles. The first-order valence-electron chi connectivity index (χ1n) is 11.8. The number of carboxylic acids is 1. The Bertz CT molecular complexity index is 1670. The number of pyridine rings is 2. The highest BCUT2D eigenvalue weighted by Gasteiger charge is 2.42. The van der Waals surface area contributed by atoms with E-state index in [1.54, 1.807) is 52.0 Å². The second kappa shape index (κ2) is 9.13. The largest absolute Gasteiger partial charge is 0.478 e. The molecule has 1 aromatic carbocycles. The predicted octanol–water partition coefficient (Wildman–Crippen LogP) is 7.00. The van der Waals surface area contributed by atoms with Gasteiger partial charge in [0.15, 0.2) is 0 Å². The SMILES string of the molecule is Cc1cc(-c2c(C(F)(F)F)n([C@@H](C)c3ccccn3)c3cc(-c4c(C)noc4C)cnc23)ccc1C(=O)O. The Kier molecular flexibility index (Phi) is 6.05. The van der Waals surface area contributed by atoms with Crippen molar-refractivity contribution in [1.29, 1.82) is 0 Å². The molecule has 5 aromatic rings. The fourth-order valence-corrected chi connectivity index (χ4v) is 4.98. The molecule has 0 radical (unpaired) electrons. The van der Waals surface area contributed by atoms with E-state index in [4.69, 9.17) is 4.52 Å². The molecule has 0 aliphatic carbocycles. The highest BCUT2D eigenvalue weighted by molar-refractivity contribution is 5.98. The molecule has 4 aromatic heterocycles. The maximum Gasteiger partial charge on any atom is 0.432 e. The van der Waals surface area contributed by atoms with Crippen LogP contribution in [0.1, 0.15) is 51.7 Å². The van der Waals surface area contributed by atoms with Crippen molar-refractivity contribution in [3.05, 3.63) is 88.8 Å². The highest BCUT2D eigenvalue weighted by Crippen LogP contribution is 2.46. The van der Waals surface area contributed by atoms with Crippen molar-refractivity contribution in [2.75, 3.05) is 0 Å². The fraction of sp³-hybridized carbons (Fsp3) is 0.214. The molecule has 1 N–H and O–H groups in total. The van der Waals surface area contributed by atoms with Gasteiger partial charge in [0.05, 0.1) is 34.0 Å². The molecule has 0 bridgehead atoms. The van der Waals surface area contributed by atoms with Crippen LogP contribution < -0.4 is 0 Å². The predicted molar refractivity (Wildman–Crippen MR) is 135 cm³/mol. The number of fused-ring (bicyclic) bond motifs is 1. The van der Waals surface area contributed by atoms with E-state index in [0.29, 0.717) is 33.8 Å². The van der Waals surface area contributed by atoms with E-state index < -0.39 is 23.9 Å². The molecule has 5 rings (SSSR count). The van der Waals surface area contributed by atoms with Crippen LogP contribution in [0.2, 0.25) is 0 Å². The molecule has 0 saturated carbocycles. The van der Waals surface area contributed by atoms with E-state index in [-0.39, 0.29) is 27.7 Å². The average Bonchev–Trinajstić information content (AvgIpc) is 3.40. The Morgan fingerprint density at radius 1 is 1.03 bits per heavy atom. The lowest BCUT2D eigenvalue weighted by Crippen LogP contribution is -2.19. The number of nitrogens with zero attached hydrogens (tertiary/aromatic N) is 4. The number of carboxylic acid groups (broad SMARTS) is 1. The summed E-state index contributed by atoms with van der Waals surface area (Å²) in [5.41, 5.74) is 2.22. The Balaban J connectivity index is 1.89. The van der Waals surface area contributed by atoms with Crippen molar-refractivity contribution in [2.45, 2.75) is 39.9 Å². The van der Waals surface area contributed by atoms with Crippen molar-refractivity contribution in [1.82, 2.24) is 19.7 Å². The molecular weight excluding hydrogens is 497 g/mol. The van der Waals surface area contributed by atoms with Crippen LogP contribution >= 0.6 is 0 Å². The van der Waals surface area contributed by atoms with E-state index in [2.05, 4.69) is 15.1 Å². The topological polar surface area (TPSA) is 94.0 Å². The summed E-state index contributed by atoms with van der Waals surface area (Å²) in [7, 11) is 0.